The van der Waals surface area contributed by atoms with Crippen molar-refractivity contribution in [2.24, 2.45) is 29.6 Å². The zero-order chi connectivity index (χ0) is 22.8. The summed E-state index contributed by atoms with van der Waals surface area (Å²) in [5.74, 6) is -1.07. The van der Waals surface area contributed by atoms with E-state index in [0.717, 1.165) is 12.8 Å². The molecule has 5 heteroatoms. The van der Waals surface area contributed by atoms with E-state index in [1.165, 1.54) is 5.57 Å². The number of ether oxygens (including phenoxy) is 2. The van der Waals surface area contributed by atoms with E-state index in [1.807, 2.05) is 6.92 Å². The molecule has 162 valence electrons. The van der Waals surface area contributed by atoms with Crippen molar-refractivity contribution in [1.82, 2.24) is 0 Å². The molecule has 0 radical (unpaired) electrons. The summed E-state index contributed by atoms with van der Waals surface area (Å²) in [6, 6.07) is 0. The van der Waals surface area contributed by atoms with E-state index in [9.17, 15) is 9.59 Å². The van der Waals surface area contributed by atoms with Gasteiger partial charge in [0, 0.05) is 13.7 Å². The third-order valence-electron chi connectivity index (χ3n) is 6.77. The number of hydrogen-bond acceptors (Lipinski definition) is 5. The first kappa shape index (κ1) is 19.3. The van der Waals surface area contributed by atoms with Crippen molar-refractivity contribution in [1.29, 1.82) is 1.43 Å². The normalized spacial score (nSPS) is 39.9. The molecular formula is C24H36O5. The molecule has 2 aliphatic carbocycles. The Labute approximate surface area is 177 Å². The third-order valence-corrected chi connectivity index (χ3v) is 6.77. The molecule has 1 heterocycles. The van der Waals surface area contributed by atoms with Crippen molar-refractivity contribution in [2.45, 2.75) is 84.5 Å². The Morgan fingerprint density at radius 1 is 1.41 bits per heavy atom. The highest BCUT2D eigenvalue weighted by Crippen LogP contribution is 2.45. The van der Waals surface area contributed by atoms with Gasteiger partial charge in [0.15, 0.2) is 0 Å². The maximum atomic E-state index is 12.7. The van der Waals surface area contributed by atoms with E-state index < -0.39 is 18.0 Å². The van der Waals surface area contributed by atoms with Crippen LogP contribution in [-0.4, -0.2) is 36.8 Å². The number of aliphatic hydroxyl groups is 1. The monoisotopic (exact) mass is 406 g/mol. The molecule has 0 spiro atoms. The van der Waals surface area contributed by atoms with E-state index in [4.69, 9.17) is 12.3 Å². The van der Waals surface area contributed by atoms with Gasteiger partial charge in [0.1, 0.15) is 12.2 Å². The summed E-state index contributed by atoms with van der Waals surface area (Å²) in [7, 11) is 0. The molecule has 0 saturated carbocycles. The van der Waals surface area contributed by atoms with Crippen LogP contribution in [0.3, 0.4) is 0 Å². The summed E-state index contributed by atoms with van der Waals surface area (Å²) in [5, 5.41) is 4.66. The van der Waals surface area contributed by atoms with Crippen molar-refractivity contribution in [3.05, 3.63) is 23.8 Å². The van der Waals surface area contributed by atoms with Gasteiger partial charge in [-0.05, 0) is 49.0 Å². The highest BCUT2D eigenvalue weighted by atomic mass is 16.5. The predicted octanol–water partition coefficient (Wildman–Crippen LogP) is 4.20. The van der Waals surface area contributed by atoms with Crippen LogP contribution in [0.15, 0.2) is 23.8 Å². The van der Waals surface area contributed by atoms with E-state index in [-0.39, 0.29) is 36.4 Å². The maximum Gasteiger partial charge on any atom is 0.308 e. The number of carbonyl (C=O) groups is 2. The van der Waals surface area contributed by atoms with Crippen molar-refractivity contribution < 1.29 is 25.5 Å². The number of carbonyl (C=O) groups excluding carboxylic acids is 2. The first-order chi connectivity index (χ1) is 14.6. The number of allylic oxidation sites excluding steroid dienone is 3. The van der Waals surface area contributed by atoms with Crippen LogP contribution in [-0.2, 0) is 19.1 Å². The number of aliphatic hydroxyl groups excluding tert-OH is 1. The van der Waals surface area contributed by atoms with Crippen molar-refractivity contribution in [3.63, 3.8) is 0 Å². The fourth-order valence-corrected chi connectivity index (χ4v) is 5.00. The average Bonchev–Trinajstić information content (AvgIpc) is 2.72. The van der Waals surface area contributed by atoms with Crippen molar-refractivity contribution in [2.75, 3.05) is 0 Å². The Balaban J connectivity index is 1.75. The summed E-state index contributed by atoms with van der Waals surface area (Å²) < 4.78 is 26.9. The standard InChI is InChI=1S/C24H36O5/c1-5-15(3)24(27)29-21-11-14(2)10-17-7-6-16(4)20(23(17)21)9-8-19-12-18(25)13-22(26)28-19/h6-7,10,14-16,18-21,23,25H,5,8-9,11-13H2,1-4H3/t14-,15-,16-,18+,19?,20-,21-,23-/m0/s1/i15D,25D. The van der Waals surface area contributed by atoms with Gasteiger partial charge in [-0.1, -0.05) is 45.9 Å². The average molecular weight is 407 g/mol. The van der Waals surface area contributed by atoms with Crippen LogP contribution in [0.4, 0.5) is 0 Å². The summed E-state index contributed by atoms with van der Waals surface area (Å²) in [6.45, 7) is 7.75. The molecular weight excluding hydrogens is 368 g/mol. The van der Waals surface area contributed by atoms with Gasteiger partial charge in [-0.25, -0.2) is 0 Å². The second-order valence-corrected chi connectivity index (χ2v) is 9.12. The Hall–Kier alpha value is -1.62. The number of fused-ring (bicyclic) bond motifs is 1. The van der Waals surface area contributed by atoms with Crippen LogP contribution in [0.5, 0.6) is 0 Å². The van der Waals surface area contributed by atoms with E-state index in [2.05, 4.69) is 37.2 Å². The maximum absolute atomic E-state index is 12.7. The lowest BCUT2D eigenvalue weighted by Crippen LogP contribution is -2.42. The lowest BCUT2D eigenvalue weighted by atomic mass is 9.65. The third kappa shape index (κ3) is 5.30. The topological polar surface area (TPSA) is 72.8 Å². The van der Waals surface area contributed by atoms with E-state index in [1.54, 1.807) is 6.92 Å². The molecule has 8 atom stereocenters. The van der Waals surface area contributed by atoms with E-state index >= 15 is 0 Å². The van der Waals surface area contributed by atoms with Crippen LogP contribution in [0.25, 0.3) is 0 Å². The lowest BCUT2D eigenvalue weighted by molar-refractivity contribution is -0.162. The molecule has 1 unspecified atom stereocenters. The minimum absolute atomic E-state index is 0.0790. The van der Waals surface area contributed by atoms with E-state index in [0.29, 0.717) is 31.1 Å². The second kappa shape index (κ2) is 9.46. The van der Waals surface area contributed by atoms with Gasteiger partial charge in [-0.15, -0.1) is 0 Å². The SMILES string of the molecule is [2H]O[C@H]1CC(=O)OC(CC[C@@H]2[C@@H]3C(=C[C@H](C)C[C@@H]3OC(=O)[C@@]([2H])(C)CC)C=C[C@@H]2C)C1. The first-order valence-electron chi connectivity index (χ1n) is 12.0. The van der Waals surface area contributed by atoms with Gasteiger partial charge in [0.05, 0.1) is 18.4 Å². The first-order valence-corrected chi connectivity index (χ1v) is 11.1. The molecule has 0 aromatic rings. The Bertz CT molecular complexity index is 731. The van der Waals surface area contributed by atoms with Crippen molar-refractivity contribution >= 4 is 11.9 Å². The minimum atomic E-state index is -1.24. The van der Waals surface area contributed by atoms with Gasteiger partial charge < -0.3 is 14.6 Å². The number of hydrogen-bond donors (Lipinski definition) is 1. The Kier molecular flexibility index (Phi) is 6.31. The van der Waals surface area contributed by atoms with Gasteiger partial charge in [-0.3, -0.25) is 9.59 Å². The highest BCUT2D eigenvalue weighted by molar-refractivity contribution is 5.72. The number of cyclic esters (lactones) is 1. The number of rotatable bonds is 7. The molecule has 3 rings (SSSR count). The van der Waals surface area contributed by atoms with Crippen LogP contribution < -0.4 is 0 Å². The summed E-state index contributed by atoms with van der Waals surface area (Å²) >= 11 is 0. The molecule has 1 saturated heterocycles. The molecule has 1 aliphatic heterocycles. The smallest absolute Gasteiger partial charge is 0.308 e. The van der Waals surface area contributed by atoms with Gasteiger partial charge >= 0.3 is 11.9 Å². The molecule has 0 aromatic carbocycles. The fraction of sp³-hybridized carbons (Fsp3) is 0.750. The zero-order valence-corrected chi connectivity index (χ0v) is 18.1. The Morgan fingerprint density at radius 3 is 2.93 bits per heavy atom. The molecule has 0 aromatic heterocycles. The molecule has 0 bridgehead atoms. The molecule has 1 fully saturated rings. The Morgan fingerprint density at radius 2 is 2.21 bits per heavy atom. The largest absolute Gasteiger partial charge is 0.462 e. The van der Waals surface area contributed by atoms with Gasteiger partial charge in [-0.2, -0.15) is 0 Å². The molecule has 3 aliphatic rings. The van der Waals surface area contributed by atoms with Gasteiger partial charge in [0.25, 0.3) is 0 Å². The summed E-state index contributed by atoms with van der Waals surface area (Å²) in [6.07, 6.45) is 9.10. The fourth-order valence-electron chi connectivity index (χ4n) is 5.00. The van der Waals surface area contributed by atoms with Crippen LogP contribution in [0, 0.1) is 29.6 Å². The zero-order valence-electron chi connectivity index (χ0n) is 20.1. The molecule has 5 nitrogen and oxygen atoms in total. The minimum Gasteiger partial charge on any atom is -0.462 e. The van der Waals surface area contributed by atoms with Crippen molar-refractivity contribution in [3.8, 4) is 0 Å². The van der Waals surface area contributed by atoms with Gasteiger partial charge in [0.2, 0.25) is 1.43 Å². The quantitative estimate of drug-likeness (QED) is 0.642. The molecule has 1 N–H and O–H groups in total. The predicted molar refractivity (Wildman–Crippen MR) is 111 cm³/mol. The summed E-state index contributed by atoms with van der Waals surface area (Å²) in [5.41, 5.74) is 1.20. The molecule has 29 heavy (non-hydrogen) atoms. The molecule has 0 amide bonds. The number of esters is 2. The second-order valence-electron chi connectivity index (χ2n) is 9.12. The van der Waals surface area contributed by atoms with Crippen LogP contribution in [0.1, 0.15) is 67.6 Å². The lowest BCUT2D eigenvalue weighted by Gasteiger charge is -2.43. The van der Waals surface area contributed by atoms with Crippen LogP contribution >= 0.6 is 0 Å². The van der Waals surface area contributed by atoms with Crippen LogP contribution in [0.2, 0.25) is 0 Å². The highest BCUT2D eigenvalue weighted by Gasteiger charge is 2.42. The summed E-state index contributed by atoms with van der Waals surface area (Å²) in [4.78, 5) is 24.5.